The molecule has 1 atom stereocenters. The zero-order valence-electron chi connectivity index (χ0n) is 20.0. The fraction of sp³-hybridized carbons (Fsp3) is 0.462. The lowest BCUT2D eigenvalue weighted by Crippen LogP contribution is -2.48. The minimum atomic E-state index is -1.03. The predicted molar refractivity (Wildman–Crippen MR) is 138 cm³/mol. The van der Waals surface area contributed by atoms with Crippen LogP contribution in [0.2, 0.25) is 0 Å². The summed E-state index contributed by atoms with van der Waals surface area (Å²) in [4.78, 5) is 38.8. The Morgan fingerprint density at radius 3 is 2.66 bits per heavy atom. The number of halogens is 1. The summed E-state index contributed by atoms with van der Waals surface area (Å²) in [6.07, 6.45) is 7.40. The fourth-order valence-corrected chi connectivity index (χ4v) is 5.11. The number of hydrogen-bond donors (Lipinski definition) is 1. The Morgan fingerprint density at radius 1 is 1.23 bits per heavy atom. The SMILES string of the molecule is CCCCC1(c2cncc(Br)c2)N=C(N)N(CC2CCN(C(=O)COc3ccccc3)CC2)C1=O. The van der Waals surface area contributed by atoms with E-state index in [1.807, 2.05) is 41.3 Å². The first-order valence-corrected chi connectivity index (χ1v) is 13.0. The van der Waals surface area contributed by atoms with E-state index in [1.54, 1.807) is 17.3 Å². The van der Waals surface area contributed by atoms with Crippen molar-refractivity contribution in [2.24, 2.45) is 16.6 Å². The van der Waals surface area contributed by atoms with Crippen molar-refractivity contribution < 1.29 is 14.3 Å². The maximum absolute atomic E-state index is 13.7. The Kier molecular flexibility index (Phi) is 8.05. The molecule has 1 saturated heterocycles. The number of rotatable bonds is 9. The second-order valence-electron chi connectivity index (χ2n) is 9.17. The molecule has 35 heavy (non-hydrogen) atoms. The van der Waals surface area contributed by atoms with Crippen molar-refractivity contribution in [1.82, 2.24) is 14.8 Å². The van der Waals surface area contributed by atoms with Crippen LogP contribution in [0.5, 0.6) is 5.75 Å². The van der Waals surface area contributed by atoms with Crippen LogP contribution in [0.1, 0.15) is 44.6 Å². The average molecular weight is 542 g/mol. The van der Waals surface area contributed by atoms with Gasteiger partial charge in [0.05, 0.1) is 0 Å². The standard InChI is InChI=1S/C26H32BrN5O3/c1-2-3-11-26(20-14-21(27)16-29-15-20)24(34)32(25(28)30-26)17-19-9-12-31(13-10-19)23(33)18-35-22-7-5-4-6-8-22/h4-8,14-16,19H,2-3,9-13,17-18H2,1H3,(H2,28,30). The molecule has 0 saturated carbocycles. The minimum Gasteiger partial charge on any atom is -0.484 e. The van der Waals surface area contributed by atoms with E-state index < -0.39 is 5.54 Å². The average Bonchev–Trinajstić information content (AvgIpc) is 3.12. The number of para-hydroxylation sites is 1. The van der Waals surface area contributed by atoms with Crippen molar-refractivity contribution in [2.45, 2.75) is 44.6 Å². The smallest absolute Gasteiger partial charge is 0.262 e. The number of hydrogen-bond acceptors (Lipinski definition) is 6. The van der Waals surface area contributed by atoms with E-state index in [-0.39, 0.29) is 30.3 Å². The van der Waals surface area contributed by atoms with Crippen molar-refractivity contribution in [2.75, 3.05) is 26.2 Å². The highest BCUT2D eigenvalue weighted by molar-refractivity contribution is 9.10. The third-order valence-corrected chi connectivity index (χ3v) is 7.20. The third-order valence-electron chi connectivity index (χ3n) is 6.77. The summed E-state index contributed by atoms with van der Waals surface area (Å²) in [5.74, 6) is 1.09. The van der Waals surface area contributed by atoms with Gasteiger partial charge < -0.3 is 15.4 Å². The molecule has 0 radical (unpaired) electrons. The monoisotopic (exact) mass is 541 g/mol. The van der Waals surface area contributed by atoms with Gasteiger partial charge in [0.1, 0.15) is 5.75 Å². The van der Waals surface area contributed by atoms with Crippen molar-refractivity contribution in [1.29, 1.82) is 0 Å². The number of carbonyl (C=O) groups is 2. The van der Waals surface area contributed by atoms with Crippen LogP contribution >= 0.6 is 15.9 Å². The van der Waals surface area contributed by atoms with Gasteiger partial charge in [0, 0.05) is 42.1 Å². The zero-order chi connectivity index (χ0) is 24.8. The molecule has 3 heterocycles. The second kappa shape index (κ2) is 11.2. The van der Waals surface area contributed by atoms with Crippen LogP contribution in [0.4, 0.5) is 0 Å². The van der Waals surface area contributed by atoms with E-state index in [9.17, 15) is 9.59 Å². The molecular weight excluding hydrogens is 510 g/mol. The van der Waals surface area contributed by atoms with Crippen LogP contribution in [0.25, 0.3) is 0 Å². The Labute approximate surface area is 214 Å². The molecule has 8 nitrogen and oxygen atoms in total. The topological polar surface area (TPSA) is 101 Å². The number of guanidine groups is 1. The highest BCUT2D eigenvalue weighted by atomic mass is 79.9. The number of amides is 2. The number of carbonyl (C=O) groups excluding carboxylic acids is 2. The summed E-state index contributed by atoms with van der Waals surface area (Å²) in [6, 6.07) is 11.2. The van der Waals surface area contributed by atoms with E-state index in [4.69, 9.17) is 15.5 Å². The number of ether oxygens (including phenoxy) is 1. The highest BCUT2D eigenvalue weighted by Gasteiger charge is 2.49. The first-order valence-electron chi connectivity index (χ1n) is 12.2. The zero-order valence-corrected chi connectivity index (χ0v) is 21.6. The number of nitrogens with two attached hydrogens (primary N) is 1. The molecule has 2 N–H and O–H groups in total. The molecule has 1 unspecified atom stereocenters. The van der Waals surface area contributed by atoms with Crippen LogP contribution in [0, 0.1) is 5.92 Å². The first kappa shape index (κ1) is 25.2. The number of pyridine rings is 1. The molecule has 2 amide bonds. The molecule has 4 rings (SSSR count). The summed E-state index contributed by atoms with van der Waals surface area (Å²) < 4.78 is 6.41. The lowest BCUT2D eigenvalue weighted by molar-refractivity contribution is -0.136. The lowest BCUT2D eigenvalue weighted by Gasteiger charge is -2.34. The van der Waals surface area contributed by atoms with Crippen molar-refractivity contribution >= 4 is 33.7 Å². The van der Waals surface area contributed by atoms with Crippen molar-refractivity contribution in [3.8, 4) is 5.75 Å². The van der Waals surface area contributed by atoms with E-state index >= 15 is 0 Å². The molecule has 2 aliphatic heterocycles. The fourth-order valence-electron chi connectivity index (χ4n) is 4.75. The lowest BCUT2D eigenvalue weighted by atomic mass is 9.85. The van der Waals surface area contributed by atoms with Gasteiger partial charge in [-0.05, 0) is 59.3 Å². The van der Waals surface area contributed by atoms with Gasteiger partial charge in [-0.15, -0.1) is 0 Å². The molecule has 1 fully saturated rings. The van der Waals surface area contributed by atoms with E-state index in [2.05, 4.69) is 27.8 Å². The summed E-state index contributed by atoms with van der Waals surface area (Å²) in [7, 11) is 0. The maximum atomic E-state index is 13.7. The predicted octanol–water partition coefficient (Wildman–Crippen LogP) is 3.70. The molecule has 1 aromatic carbocycles. The largest absolute Gasteiger partial charge is 0.484 e. The summed E-state index contributed by atoms with van der Waals surface area (Å²) in [5, 5.41) is 0. The van der Waals surface area contributed by atoms with Crippen LogP contribution < -0.4 is 10.5 Å². The Bertz CT molecular complexity index is 1070. The van der Waals surface area contributed by atoms with Gasteiger partial charge in [0.25, 0.3) is 11.8 Å². The van der Waals surface area contributed by atoms with Gasteiger partial charge >= 0.3 is 0 Å². The van der Waals surface area contributed by atoms with Crippen LogP contribution in [0.15, 0.2) is 58.3 Å². The molecule has 9 heteroatoms. The van der Waals surface area contributed by atoms with E-state index in [1.165, 1.54) is 0 Å². The molecule has 0 spiro atoms. The second-order valence-corrected chi connectivity index (χ2v) is 10.1. The van der Waals surface area contributed by atoms with E-state index in [0.717, 1.165) is 35.7 Å². The van der Waals surface area contributed by atoms with E-state index in [0.29, 0.717) is 31.8 Å². The number of unbranched alkanes of at least 4 members (excludes halogenated alkanes) is 1. The molecule has 2 aliphatic rings. The van der Waals surface area contributed by atoms with Crippen LogP contribution in [-0.4, -0.2) is 58.8 Å². The number of nitrogens with zero attached hydrogens (tertiary/aromatic N) is 4. The highest BCUT2D eigenvalue weighted by Crippen LogP contribution is 2.39. The summed E-state index contributed by atoms with van der Waals surface area (Å²) in [5.41, 5.74) is 6.05. The molecule has 186 valence electrons. The number of likely N-dealkylation sites (tertiary alicyclic amines) is 1. The third kappa shape index (κ3) is 5.66. The maximum Gasteiger partial charge on any atom is 0.262 e. The summed E-state index contributed by atoms with van der Waals surface area (Å²) in [6.45, 7) is 3.90. The first-order chi connectivity index (χ1) is 16.9. The summed E-state index contributed by atoms with van der Waals surface area (Å²) >= 11 is 3.46. The van der Waals surface area contributed by atoms with Gasteiger partial charge in [-0.1, -0.05) is 38.0 Å². The number of piperidine rings is 1. The number of aliphatic imine (C=N–C) groups is 1. The van der Waals surface area contributed by atoms with Gasteiger partial charge in [-0.2, -0.15) is 0 Å². The molecule has 1 aromatic heterocycles. The Hall–Kier alpha value is -2.94. The van der Waals surface area contributed by atoms with Crippen molar-refractivity contribution in [3.63, 3.8) is 0 Å². The van der Waals surface area contributed by atoms with Gasteiger partial charge in [-0.3, -0.25) is 19.5 Å². The Balaban J connectivity index is 1.36. The van der Waals surface area contributed by atoms with Gasteiger partial charge in [-0.25, -0.2) is 4.99 Å². The number of benzene rings is 1. The molecule has 0 aliphatic carbocycles. The Morgan fingerprint density at radius 2 is 1.97 bits per heavy atom. The minimum absolute atomic E-state index is 0.0219. The van der Waals surface area contributed by atoms with Crippen LogP contribution in [0.3, 0.4) is 0 Å². The van der Waals surface area contributed by atoms with Crippen LogP contribution in [-0.2, 0) is 15.1 Å². The normalized spacial score (nSPS) is 20.7. The van der Waals surface area contributed by atoms with Gasteiger partial charge in [0.15, 0.2) is 18.1 Å². The number of aromatic nitrogens is 1. The van der Waals surface area contributed by atoms with Gasteiger partial charge in [0.2, 0.25) is 0 Å². The molecular formula is C26H32BrN5O3. The van der Waals surface area contributed by atoms with Crippen molar-refractivity contribution in [3.05, 3.63) is 58.8 Å². The molecule has 0 bridgehead atoms. The quantitative estimate of drug-likeness (QED) is 0.521. The molecule has 2 aromatic rings.